The topological polar surface area (TPSA) is 102 Å². The molecule has 8 heteroatoms. The van der Waals surface area contributed by atoms with Crippen molar-refractivity contribution < 1.29 is 17.7 Å². The van der Waals surface area contributed by atoms with E-state index in [0.29, 0.717) is 17.6 Å². The van der Waals surface area contributed by atoms with Crippen molar-refractivity contribution in [1.82, 2.24) is 14.9 Å². The molecule has 0 aliphatic heterocycles. The molecule has 0 saturated heterocycles. The van der Waals surface area contributed by atoms with Gasteiger partial charge in [-0.3, -0.25) is 9.52 Å². The Hall–Kier alpha value is -1.44. The number of hydrogen-bond donors (Lipinski definition) is 1. The fraction of sp³-hybridized carbons (Fsp3) is 0.769. The van der Waals surface area contributed by atoms with E-state index in [9.17, 15) is 13.2 Å². The van der Waals surface area contributed by atoms with Crippen LogP contribution in [0.25, 0.3) is 0 Å². The number of sulfonamides is 1. The van der Waals surface area contributed by atoms with Gasteiger partial charge in [-0.1, -0.05) is 25.9 Å². The van der Waals surface area contributed by atoms with Crippen LogP contribution < -0.4 is 4.72 Å². The largest absolute Gasteiger partial charge is 0.339 e. The van der Waals surface area contributed by atoms with E-state index in [1.54, 1.807) is 20.8 Å². The third-order valence-corrected chi connectivity index (χ3v) is 4.67. The van der Waals surface area contributed by atoms with Crippen LogP contribution in [0.4, 0.5) is 0 Å². The number of rotatable bonds is 6. The van der Waals surface area contributed by atoms with E-state index < -0.39 is 21.3 Å². The number of carbonyl (C=O) groups is 1. The molecule has 1 aliphatic carbocycles. The summed E-state index contributed by atoms with van der Waals surface area (Å²) in [4.78, 5) is 15.9. The van der Waals surface area contributed by atoms with Crippen molar-refractivity contribution in [3.63, 3.8) is 0 Å². The molecule has 0 bridgehead atoms. The predicted molar refractivity (Wildman–Crippen MR) is 76.0 cm³/mol. The molecule has 1 amide bonds. The van der Waals surface area contributed by atoms with Gasteiger partial charge in [-0.2, -0.15) is 4.98 Å². The lowest BCUT2D eigenvalue weighted by atomic mass is 10.0. The molecule has 2 rings (SSSR count). The molecular weight excluding hydrogens is 294 g/mol. The van der Waals surface area contributed by atoms with Crippen molar-refractivity contribution in [3.8, 4) is 0 Å². The number of carbonyl (C=O) groups excluding carboxylic acids is 1. The Kier molecular flexibility index (Phi) is 4.36. The van der Waals surface area contributed by atoms with Crippen LogP contribution in [0.5, 0.6) is 0 Å². The Labute approximate surface area is 124 Å². The summed E-state index contributed by atoms with van der Waals surface area (Å²) in [6, 6.07) is 0. The van der Waals surface area contributed by atoms with Crippen LogP contribution in [0, 0.1) is 5.41 Å². The summed E-state index contributed by atoms with van der Waals surface area (Å²) in [5.74, 6) is 0.804. The fourth-order valence-electron chi connectivity index (χ4n) is 1.93. The van der Waals surface area contributed by atoms with Crippen molar-refractivity contribution in [1.29, 1.82) is 0 Å². The predicted octanol–water partition coefficient (Wildman–Crippen LogP) is 1.37. The molecule has 1 aromatic heterocycles. The van der Waals surface area contributed by atoms with Crippen LogP contribution in [0.2, 0.25) is 0 Å². The van der Waals surface area contributed by atoms with E-state index in [1.165, 1.54) is 0 Å². The summed E-state index contributed by atoms with van der Waals surface area (Å²) in [7, 11) is -3.61. The average Bonchev–Trinajstić information content (AvgIpc) is 3.02. The number of nitrogens with one attached hydrogen (secondary N) is 1. The molecule has 0 atom stereocenters. The van der Waals surface area contributed by atoms with Crippen LogP contribution >= 0.6 is 0 Å². The second-order valence-electron chi connectivity index (χ2n) is 6.67. The molecule has 0 aromatic carbocycles. The molecule has 0 radical (unpaired) electrons. The first-order valence-electron chi connectivity index (χ1n) is 7.00. The highest BCUT2D eigenvalue weighted by atomic mass is 32.2. The highest BCUT2D eigenvalue weighted by Crippen LogP contribution is 2.38. The number of amides is 1. The van der Waals surface area contributed by atoms with Crippen LogP contribution in [0.15, 0.2) is 4.52 Å². The minimum Gasteiger partial charge on any atom is -0.339 e. The second-order valence-corrected chi connectivity index (χ2v) is 8.39. The Balaban J connectivity index is 1.81. The molecule has 1 aromatic rings. The second kappa shape index (κ2) is 5.75. The van der Waals surface area contributed by atoms with E-state index in [4.69, 9.17) is 4.52 Å². The van der Waals surface area contributed by atoms with Crippen LogP contribution in [0.3, 0.4) is 0 Å². The number of nitrogens with zero attached hydrogens (tertiary/aromatic N) is 2. The molecule has 1 saturated carbocycles. The monoisotopic (exact) mass is 315 g/mol. The van der Waals surface area contributed by atoms with E-state index >= 15 is 0 Å². The lowest BCUT2D eigenvalue weighted by Gasteiger charge is -2.18. The Morgan fingerprint density at radius 2 is 2.05 bits per heavy atom. The highest BCUT2D eigenvalue weighted by molar-refractivity contribution is 7.90. The zero-order valence-electron chi connectivity index (χ0n) is 12.5. The number of aromatic nitrogens is 2. The minimum absolute atomic E-state index is 0.00960. The summed E-state index contributed by atoms with van der Waals surface area (Å²) in [6.45, 7) is 5.40. The summed E-state index contributed by atoms with van der Waals surface area (Å²) in [5.41, 5.74) is -0.405. The molecule has 7 nitrogen and oxygen atoms in total. The standard InChI is InChI=1S/C13H21N3O4S/c1-13(2,3)8-21(18,19)16-10(17)6-7-11-14-12(15-20-11)9-4-5-9/h9H,4-8H2,1-3H3,(H,16,17). The van der Waals surface area contributed by atoms with Crippen molar-refractivity contribution in [3.05, 3.63) is 11.7 Å². The maximum atomic E-state index is 11.8. The third kappa shape index (κ3) is 5.45. The van der Waals surface area contributed by atoms with Gasteiger partial charge in [0, 0.05) is 18.8 Å². The first kappa shape index (κ1) is 15.9. The molecule has 0 unspecified atom stereocenters. The van der Waals surface area contributed by atoms with Gasteiger partial charge >= 0.3 is 0 Å². The Morgan fingerprint density at radius 3 is 2.62 bits per heavy atom. The number of aryl methyl sites for hydroxylation is 1. The zero-order valence-corrected chi connectivity index (χ0v) is 13.4. The van der Waals surface area contributed by atoms with Gasteiger partial charge in [0.25, 0.3) is 0 Å². The minimum atomic E-state index is -3.61. The van der Waals surface area contributed by atoms with Gasteiger partial charge in [0.1, 0.15) is 0 Å². The highest BCUT2D eigenvalue weighted by Gasteiger charge is 2.29. The molecule has 0 spiro atoms. The molecule has 1 heterocycles. The maximum absolute atomic E-state index is 11.8. The van der Waals surface area contributed by atoms with Crippen molar-refractivity contribution >= 4 is 15.9 Å². The van der Waals surface area contributed by atoms with Crippen molar-refractivity contribution in [2.45, 2.75) is 52.4 Å². The smallest absolute Gasteiger partial charge is 0.235 e. The lowest BCUT2D eigenvalue weighted by molar-refractivity contribution is -0.119. The van der Waals surface area contributed by atoms with Gasteiger partial charge in [0.15, 0.2) is 5.82 Å². The third-order valence-electron chi connectivity index (χ3n) is 2.88. The van der Waals surface area contributed by atoms with Gasteiger partial charge < -0.3 is 4.52 Å². The van der Waals surface area contributed by atoms with Gasteiger partial charge in [-0.05, 0) is 18.3 Å². The number of hydrogen-bond acceptors (Lipinski definition) is 6. The van der Waals surface area contributed by atoms with E-state index in [0.717, 1.165) is 12.8 Å². The normalized spacial score (nSPS) is 16.0. The molecular formula is C13H21N3O4S. The van der Waals surface area contributed by atoms with Crippen LogP contribution in [-0.4, -0.2) is 30.2 Å². The summed E-state index contributed by atoms with van der Waals surface area (Å²) < 4.78 is 30.7. The zero-order chi connectivity index (χ0) is 15.7. The summed E-state index contributed by atoms with van der Waals surface area (Å²) in [6.07, 6.45) is 2.40. The van der Waals surface area contributed by atoms with Gasteiger partial charge in [0.05, 0.1) is 5.75 Å². The van der Waals surface area contributed by atoms with E-state index in [2.05, 4.69) is 14.9 Å². The maximum Gasteiger partial charge on any atom is 0.235 e. The summed E-state index contributed by atoms with van der Waals surface area (Å²) in [5, 5.41) is 3.84. The van der Waals surface area contributed by atoms with Crippen molar-refractivity contribution in [2.75, 3.05) is 5.75 Å². The fourth-order valence-corrected chi connectivity index (χ4v) is 3.59. The van der Waals surface area contributed by atoms with Crippen LogP contribution in [-0.2, 0) is 21.2 Å². The van der Waals surface area contributed by atoms with E-state index in [-0.39, 0.29) is 18.6 Å². The average molecular weight is 315 g/mol. The molecule has 21 heavy (non-hydrogen) atoms. The van der Waals surface area contributed by atoms with Gasteiger partial charge in [0.2, 0.25) is 21.8 Å². The quantitative estimate of drug-likeness (QED) is 0.850. The Bertz CT molecular complexity index is 612. The molecule has 1 N–H and O–H groups in total. The van der Waals surface area contributed by atoms with Gasteiger partial charge in [-0.15, -0.1) is 0 Å². The van der Waals surface area contributed by atoms with Crippen molar-refractivity contribution in [2.24, 2.45) is 5.41 Å². The molecule has 1 fully saturated rings. The first-order chi connectivity index (χ1) is 9.65. The molecule has 1 aliphatic rings. The van der Waals surface area contributed by atoms with Crippen LogP contribution in [0.1, 0.15) is 57.7 Å². The summed E-state index contributed by atoms with van der Waals surface area (Å²) >= 11 is 0. The SMILES string of the molecule is CC(C)(C)CS(=O)(=O)NC(=O)CCc1nc(C2CC2)no1. The molecule has 118 valence electrons. The first-order valence-corrected chi connectivity index (χ1v) is 8.66. The van der Waals surface area contributed by atoms with Gasteiger partial charge in [-0.25, -0.2) is 8.42 Å². The Morgan fingerprint density at radius 1 is 1.38 bits per heavy atom. The lowest BCUT2D eigenvalue weighted by Crippen LogP contribution is -2.36. The van der Waals surface area contributed by atoms with E-state index in [1.807, 2.05) is 0 Å².